The molecule has 1 aliphatic carbocycles. The van der Waals surface area contributed by atoms with Crippen molar-refractivity contribution in [1.82, 2.24) is 4.98 Å². The van der Waals surface area contributed by atoms with Crippen LogP contribution in [0, 0.1) is 11.7 Å². The number of halogens is 1. The van der Waals surface area contributed by atoms with Crippen LogP contribution in [-0.2, 0) is 4.79 Å². The van der Waals surface area contributed by atoms with E-state index in [0.29, 0.717) is 10.7 Å². The van der Waals surface area contributed by atoms with Gasteiger partial charge in [-0.15, -0.1) is 11.3 Å². The third-order valence-electron chi connectivity index (χ3n) is 3.96. The van der Waals surface area contributed by atoms with Crippen molar-refractivity contribution in [2.45, 2.75) is 12.3 Å². The Balaban J connectivity index is 1.49. The van der Waals surface area contributed by atoms with Gasteiger partial charge in [0.15, 0.2) is 0 Å². The highest BCUT2D eigenvalue weighted by Gasteiger charge is 2.46. The summed E-state index contributed by atoms with van der Waals surface area (Å²) < 4.78 is 18.4. The fraction of sp³-hybridized carbons (Fsp3) is 0.176. The zero-order valence-corrected chi connectivity index (χ0v) is 12.8. The molecule has 0 radical (unpaired) electrons. The van der Waals surface area contributed by atoms with Gasteiger partial charge in [0, 0.05) is 17.4 Å². The molecular formula is C17H13FN2O2S. The molecule has 1 amide bonds. The summed E-state index contributed by atoms with van der Waals surface area (Å²) in [6.07, 6.45) is 2.42. The third kappa shape index (κ3) is 2.77. The van der Waals surface area contributed by atoms with Crippen LogP contribution in [0.4, 0.5) is 9.39 Å². The van der Waals surface area contributed by atoms with Crippen molar-refractivity contribution >= 4 is 22.2 Å². The van der Waals surface area contributed by atoms with Gasteiger partial charge in [0.25, 0.3) is 0 Å². The number of furan rings is 1. The predicted octanol–water partition coefficient (Wildman–Crippen LogP) is 4.28. The van der Waals surface area contributed by atoms with E-state index >= 15 is 0 Å². The van der Waals surface area contributed by atoms with Crippen LogP contribution in [0.5, 0.6) is 0 Å². The molecule has 1 fully saturated rings. The minimum atomic E-state index is -0.297. The van der Waals surface area contributed by atoms with Crippen molar-refractivity contribution in [3.8, 4) is 11.3 Å². The van der Waals surface area contributed by atoms with Gasteiger partial charge in [-0.25, -0.2) is 9.37 Å². The summed E-state index contributed by atoms with van der Waals surface area (Å²) in [6.45, 7) is 0. The number of rotatable bonds is 4. The monoisotopic (exact) mass is 328 g/mol. The number of hydrogen-bond acceptors (Lipinski definition) is 4. The normalized spacial score (nSPS) is 19.5. The molecule has 1 aromatic carbocycles. The summed E-state index contributed by atoms with van der Waals surface area (Å²) in [4.78, 5) is 16.7. The summed E-state index contributed by atoms with van der Waals surface area (Å²) in [6, 6.07) is 9.81. The average molecular weight is 328 g/mol. The van der Waals surface area contributed by atoms with Crippen LogP contribution in [0.15, 0.2) is 52.6 Å². The summed E-state index contributed by atoms with van der Waals surface area (Å²) in [5, 5.41) is 3.63. The number of thiazole rings is 1. The molecule has 0 unspecified atom stereocenters. The molecule has 2 atom stereocenters. The molecular weight excluding hydrogens is 315 g/mol. The molecule has 0 bridgehead atoms. The highest BCUT2D eigenvalue weighted by Crippen LogP contribution is 2.48. The maximum Gasteiger partial charge on any atom is 0.228 e. The van der Waals surface area contributed by atoms with Crippen molar-refractivity contribution in [1.29, 1.82) is 0 Å². The first-order valence-corrected chi connectivity index (χ1v) is 8.14. The number of amides is 1. The lowest BCUT2D eigenvalue weighted by atomic mass is 10.1. The largest absolute Gasteiger partial charge is 0.469 e. The molecule has 1 aliphatic rings. The summed E-state index contributed by atoms with van der Waals surface area (Å²) in [7, 11) is 0. The first-order chi connectivity index (χ1) is 11.2. The Morgan fingerprint density at radius 3 is 2.87 bits per heavy atom. The Bertz CT molecular complexity index is 827. The molecule has 2 heterocycles. The second-order valence-corrected chi connectivity index (χ2v) is 6.35. The van der Waals surface area contributed by atoms with E-state index in [9.17, 15) is 9.18 Å². The fourth-order valence-electron chi connectivity index (χ4n) is 2.65. The lowest BCUT2D eigenvalue weighted by Gasteiger charge is -2.05. The molecule has 2 aromatic heterocycles. The van der Waals surface area contributed by atoms with Crippen LogP contribution in [0.2, 0.25) is 0 Å². The van der Waals surface area contributed by atoms with Crippen LogP contribution < -0.4 is 5.32 Å². The zero-order chi connectivity index (χ0) is 15.8. The number of anilines is 1. The molecule has 23 heavy (non-hydrogen) atoms. The van der Waals surface area contributed by atoms with E-state index in [2.05, 4.69) is 10.3 Å². The second-order valence-electron chi connectivity index (χ2n) is 5.49. The predicted molar refractivity (Wildman–Crippen MR) is 85.7 cm³/mol. The minimum absolute atomic E-state index is 0.0287. The zero-order valence-electron chi connectivity index (χ0n) is 12.0. The number of hydrogen-bond donors (Lipinski definition) is 1. The second kappa shape index (κ2) is 5.62. The quantitative estimate of drug-likeness (QED) is 0.777. The summed E-state index contributed by atoms with van der Waals surface area (Å²) >= 11 is 1.36. The van der Waals surface area contributed by atoms with E-state index in [1.54, 1.807) is 23.9 Å². The highest BCUT2D eigenvalue weighted by atomic mass is 32.1. The third-order valence-corrected chi connectivity index (χ3v) is 4.70. The fourth-order valence-corrected chi connectivity index (χ4v) is 3.36. The van der Waals surface area contributed by atoms with Gasteiger partial charge in [0.05, 0.1) is 11.8 Å². The van der Waals surface area contributed by atoms with E-state index in [1.807, 2.05) is 12.1 Å². The number of carbonyl (C=O) groups is 1. The molecule has 6 heteroatoms. The van der Waals surface area contributed by atoms with Crippen molar-refractivity contribution in [3.05, 3.63) is 59.7 Å². The summed E-state index contributed by atoms with van der Waals surface area (Å²) in [5.41, 5.74) is 3.12. The average Bonchev–Trinajstić information content (AvgIpc) is 2.97. The Labute approximate surface area is 136 Å². The van der Waals surface area contributed by atoms with Crippen LogP contribution in [0.1, 0.15) is 18.1 Å². The molecule has 3 aromatic rings. The molecule has 0 aliphatic heterocycles. The van der Waals surface area contributed by atoms with Gasteiger partial charge in [-0.05, 0) is 42.8 Å². The van der Waals surface area contributed by atoms with Gasteiger partial charge in [-0.2, -0.15) is 0 Å². The topological polar surface area (TPSA) is 55.1 Å². The first-order valence-electron chi connectivity index (χ1n) is 7.26. The standard InChI is InChI=1S/C17H13FN2O2S/c18-11-5-3-10(4-6-11)15-17(23-9-19-15)20-16(21)13-8-12(13)14-2-1-7-22-14/h1-7,9,12-13H,8H2,(H,20,21)/t12-,13+/m0/s1. The maximum atomic E-state index is 13.0. The molecule has 1 N–H and O–H groups in total. The van der Waals surface area contributed by atoms with Crippen LogP contribution in [-0.4, -0.2) is 10.9 Å². The molecule has 0 spiro atoms. The van der Waals surface area contributed by atoms with Gasteiger partial charge in [0.2, 0.25) is 5.91 Å². The van der Waals surface area contributed by atoms with Crippen LogP contribution >= 0.6 is 11.3 Å². The lowest BCUT2D eigenvalue weighted by molar-refractivity contribution is -0.117. The highest BCUT2D eigenvalue weighted by molar-refractivity contribution is 7.14. The number of nitrogens with one attached hydrogen (secondary N) is 1. The molecule has 4 rings (SSSR count). The summed E-state index contributed by atoms with van der Waals surface area (Å²) in [5.74, 6) is 0.623. The number of nitrogens with zero attached hydrogens (tertiary/aromatic N) is 1. The van der Waals surface area contributed by atoms with E-state index < -0.39 is 0 Å². The number of carbonyl (C=O) groups excluding carboxylic acids is 1. The van der Waals surface area contributed by atoms with E-state index in [-0.39, 0.29) is 23.6 Å². The van der Waals surface area contributed by atoms with E-state index in [4.69, 9.17) is 4.42 Å². The maximum absolute atomic E-state index is 13.0. The molecule has 1 saturated carbocycles. The Morgan fingerprint density at radius 2 is 2.13 bits per heavy atom. The van der Waals surface area contributed by atoms with Crippen molar-refractivity contribution in [2.24, 2.45) is 5.92 Å². The van der Waals surface area contributed by atoms with Gasteiger partial charge in [-0.3, -0.25) is 4.79 Å². The molecule has 4 nitrogen and oxygen atoms in total. The van der Waals surface area contributed by atoms with Crippen molar-refractivity contribution in [2.75, 3.05) is 5.32 Å². The minimum Gasteiger partial charge on any atom is -0.469 e. The van der Waals surface area contributed by atoms with Crippen molar-refractivity contribution < 1.29 is 13.6 Å². The first kappa shape index (κ1) is 14.1. The smallest absolute Gasteiger partial charge is 0.228 e. The van der Waals surface area contributed by atoms with E-state index in [1.165, 1.54) is 23.5 Å². The Hall–Kier alpha value is -2.47. The van der Waals surface area contributed by atoms with Gasteiger partial charge in [0.1, 0.15) is 22.3 Å². The Kier molecular flexibility index (Phi) is 3.46. The van der Waals surface area contributed by atoms with Gasteiger partial charge in [-0.1, -0.05) is 0 Å². The Morgan fingerprint density at radius 1 is 1.30 bits per heavy atom. The van der Waals surface area contributed by atoms with Crippen LogP contribution in [0.3, 0.4) is 0 Å². The van der Waals surface area contributed by atoms with Crippen LogP contribution in [0.25, 0.3) is 11.3 Å². The lowest BCUT2D eigenvalue weighted by Crippen LogP contribution is -2.14. The molecule has 116 valence electrons. The van der Waals surface area contributed by atoms with E-state index in [0.717, 1.165) is 17.7 Å². The van der Waals surface area contributed by atoms with Crippen molar-refractivity contribution in [3.63, 3.8) is 0 Å². The number of aromatic nitrogens is 1. The number of benzene rings is 1. The molecule has 0 saturated heterocycles. The SMILES string of the molecule is O=C(Nc1scnc1-c1ccc(F)cc1)[C@@H]1C[C@@H]1c1ccco1. The van der Waals surface area contributed by atoms with Gasteiger partial charge < -0.3 is 9.73 Å². The van der Waals surface area contributed by atoms with Gasteiger partial charge >= 0.3 is 0 Å².